The van der Waals surface area contributed by atoms with Crippen LogP contribution in [0.25, 0.3) is 0 Å². The van der Waals surface area contributed by atoms with E-state index < -0.39 is 0 Å². The number of nitrogens with zero attached hydrogens (tertiary/aromatic N) is 1. The number of likely N-dealkylation sites (N-methyl/N-ethyl adjacent to an activating group) is 1. The Morgan fingerprint density at radius 2 is 1.53 bits per heavy atom. The number of fused-ring (bicyclic) bond motifs is 1. The van der Waals surface area contributed by atoms with Gasteiger partial charge < -0.3 is 4.90 Å². The van der Waals surface area contributed by atoms with Crippen molar-refractivity contribution in [1.29, 1.82) is 0 Å². The Balaban J connectivity index is 2.54. The highest BCUT2D eigenvalue weighted by Crippen LogP contribution is 2.26. The molecule has 0 spiro atoms. The summed E-state index contributed by atoms with van der Waals surface area (Å²) in [5.74, 6) is -0.0524. The summed E-state index contributed by atoms with van der Waals surface area (Å²) in [6, 6.07) is 7.01. The SMILES string of the molecule is CC1=C(CN(C)C)C(=O)c2ccccc2C1=O. The van der Waals surface area contributed by atoms with Crippen LogP contribution in [0, 0.1) is 0 Å². The van der Waals surface area contributed by atoms with Crippen LogP contribution < -0.4 is 0 Å². The summed E-state index contributed by atoms with van der Waals surface area (Å²) in [6.07, 6.45) is 0. The van der Waals surface area contributed by atoms with E-state index in [2.05, 4.69) is 0 Å². The molecule has 0 aromatic heterocycles. The molecule has 1 aromatic rings. The molecule has 3 nitrogen and oxygen atoms in total. The third-order valence-electron chi connectivity index (χ3n) is 2.96. The van der Waals surface area contributed by atoms with Gasteiger partial charge >= 0.3 is 0 Å². The molecule has 0 aliphatic heterocycles. The van der Waals surface area contributed by atoms with E-state index in [1.807, 2.05) is 19.0 Å². The number of ketones is 2. The highest BCUT2D eigenvalue weighted by Gasteiger charge is 2.29. The third-order valence-corrected chi connectivity index (χ3v) is 2.96. The van der Waals surface area contributed by atoms with Crippen LogP contribution in [0.4, 0.5) is 0 Å². The molecule has 1 aliphatic carbocycles. The Morgan fingerprint density at radius 3 is 2.06 bits per heavy atom. The first-order valence-corrected chi connectivity index (χ1v) is 5.55. The summed E-state index contributed by atoms with van der Waals surface area (Å²) >= 11 is 0. The number of carbonyl (C=O) groups excluding carboxylic acids is 2. The van der Waals surface area contributed by atoms with Gasteiger partial charge in [-0.05, 0) is 21.0 Å². The molecule has 88 valence electrons. The van der Waals surface area contributed by atoms with Crippen molar-refractivity contribution >= 4 is 11.6 Å². The van der Waals surface area contributed by atoms with E-state index in [9.17, 15) is 9.59 Å². The molecule has 0 unspecified atom stereocenters. The molecular formula is C14H15NO2. The predicted molar refractivity (Wildman–Crippen MR) is 66.4 cm³/mol. The van der Waals surface area contributed by atoms with E-state index in [1.54, 1.807) is 31.2 Å². The van der Waals surface area contributed by atoms with Gasteiger partial charge in [0.25, 0.3) is 0 Å². The molecule has 0 saturated heterocycles. The molecule has 0 radical (unpaired) electrons. The van der Waals surface area contributed by atoms with Gasteiger partial charge in [-0.2, -0.15) is 0 Å². The van der Waals surface area contributed by atoms with Gasteiger partial charge in [-0.25, -0.2) is 0 Å². The molecular weight excluding hydrogens is 214 g/mol. The molecule has 17 heavy (non-hydrogen) atoms. The van der Waals surface area contributed by atoms with E-state index >= 15 is 0 Å². The summed E-state index contributed by atoms with van der Waals surface area (Å²) < 4.78 is 0. The van der Waals surface area contributed by atoms with Crippen LogP contribution in [0.15, 0.2) is 35.4 Å². The van der Waals surface area contributed by atoms with Crippen LogP contribution in [-0.4, -0.2) is 37.1 Å². The van der Waals surface area contributed by atoms with Crippen molar-refractivity contribution in [2.75, 3.05) is 20.6 Å². The number of rotatable bonds is 2. The maximum Gasteiger partial charge on any atom is 0.191 e. The Labute approximate surface area is 101 Å². The first-order chi connectivity index (χ1) is 8.02. The van der Waals surface area contributed by atoms with Crippen molar-refractivity contribution in [3.8, 4) is 0 Å². The van der Waals surface area contributed by atoms with Gasteiger partial charge in [0.1, 0.15) is 0 Å². The topological polar surface area (TPSA) is 37.4 Å². The van der Waals surface area contributed by atoms with Crippen molar-refractivity contribution in [3.05, 3.63) is 46.5 Å². The first-order valence-electron chi connectivity index (χ1n) is 5.55. The molecule has 0 heterocycles. The summed E-state index contributed by atoms with van der Waals surface area (Å²) in [6.45, 7) is 2.24. The van der Waals surface area contributed by atoms with Crippen LogP contribution >= 0.6 is 0 Å². The Kier molecular flexibility index (Phi) is 2.94. The second kappa shape index (κ2) is 4.26. The van der Waals surface area contributed by atoms with Gasteiger partial charge in [-0.15, -0.1) is 0 Å². The Bertz CT molecular complexity index is 527. The molecule has 0 bridgehead atoms. The number of benzene rings is 1. The van der Waals surface area contributed by atoms with Crippen molar-refractivity contribution in [2.45, 2.75) is 6.92 Å². The summed E-state index contributed by atoms with van der Waals surface area (Å²) in [4.78, 5) is 26.3. The Hall–Kier alpha value is -1.74. The number of hydrogen-bond acceptors (Lipinski definition) is 3. The fraction of sp³-hybridized carbons (Fsp3) is 0.286. The normalized spacial score (nSPS) is 15.5. The molecule has 0 saturated carbocycles. The number of carbonyl (C=O) groups is 2. The van der Waals surface area contributed by atoms with Crippen LogP contribution in [0.2, 0.25) is 0 Å². The molecule has 0 atom stereocenters. The second-order valence-electron chi connectivity index (χ2n) is 4.55. The molecule has 0 N–H and O–H groups in total. The van der Waals surface area contributed by atoms with E-state index in [-0.39, 0.29) is 11.6 Å². The van der Waals surface area contributed by atoms with Gasteiger partial charge in [0.15, 0.2) is 11.6 Å². The maximum atomic E-state index is 12.3. The zero-order valence-electron chi connectivity index (χ0n) is 10.3. The van der Waals surface area contributed by atoms with E-state index in [0.717, 1.165) is 0 Å². The molecule has 3 heteroatoms. The van der Waals surface area contributed by atoms with Gasteiger partial charge in [-0.3, -0.25) is 9.59 Å². The Morgan fingerprint density at radius 1 is 1.00 bits per heavy atom. The quantitative estimate of drug-likeness (QED) is 0.777. The fourth-order valence-electron chi connectivity index (χ4n) is 2.06. The minimum absolute atomic E-state index is 0.0219. The maximum absolute atomic E-state index is 12.3. The lowest BCUT2D eigenvalue weighted by Gasteiger charge is -2.21. The monoisotopic (exact) mass is 229 g/mol. The second-order valence-corrected chi connectivity index (χ2v) is 4.55. The highest BCUT2D eigenvalue weighted by molar-refractivity contribution is 6.26. The minimum Gasteiger partial charge on any atom is -0.305 e. The van der Waals surface area contributed by atoms with Crippen molar-refractivity contribution in [1.82, 2.24) is 4.90 Å². The summed E-state index contributed by atoms with van der Waals surface area (Å²) in [5, 5.41) is 0. The lowest BCUT2D eigenvalue weighted by atomic mass is 9.84. The van der Waals surface area contributed by atoms with Gasteiger partial charge in [-0.1, -0.05) is 24.3 Å². The lowest BCUT2D eigenvalue weighted by molar-refractivity contribution is 0.0969. The average Bonchev–Trinajstić information content (AvgIpc) is 2.31. The predicted octanol–water partition coefficient (Wildman–Crippen LogP) is 1.94. The van der Waals surface area contributed by atoms with E-state index in [0.29, 0.717) is 28.8 Å². The average molecular weight is 229 g/mol. The smallest absolute Gasteiger partial charge is 0.191 e. The number of Topliss-reactive ketones (excluding diaryl/α,β-unsaturated/α-hetero) is 2. The van der Waals surface area contributed by atoms with Crippen molar-refractivity contribution < 1.29 is 9.59 Å². The summed E-state index contributed by atoms with van der Waals surface area (Å²) in [5.41, 5.74) is 2.23. The van der Waals surface area contributed by atoms with Crippen molar-refractivity contribution in [3.63, 3.8) is 0 Å². The van der Waals surface area contributed by atoms with Gasteiger partial charge in [0, 0.05) is 28.8 Å². The molecule has 0 fully saturated rings. The standard InChI is InChI=1S/C14H15NO2/c1-9-12(8-15(2)3)14(17)11-7-5-4-6-10(11)13(9)16/h4-7H,8H2,1-3H3. The zero-order chi connectivity index (χ0) is 12.6. The van der Waals surface area contributed by atoms with Gasteiger partial charge in [0.05, 0.1) is 0 Å². The van der Waals surface area contributed by atoms with E-state index in [1.165, 1.54) is 0 Å². The fourth-order valence-corrected chi connectivity index (χ4v) is 2.06. The van der Waals surface area contributed by atoms with Crippen LogP contribution in [0.5, 0.6) is 0 Å². The number of hydrogen-bond donors (Lipinski definition) is 0. The lowest BCUT2D eigenvalue weighted by Crippen LogP contribution is -2.27. The molecule has 0 amide bonds. The van der Waals surface area contributed by atoms with Crippen molar-refractivity contribution in [2.24, 2.45) is 0 Å². The van der Waals surface area contributed by atoms with Crippen LogP contribution in [0.1, 0.15) is 27.6 Å². The van der Waals surface area contributed by atoms with E-state index in [4.69, 9.17) is 0 Å². The largest absolute Gasteiger partial charge is 0.305 e. The van der Waals surface area contributed by atoms with Crippen LogP contribution in [0.3, 0.4) is 0 Å². The molecule has 1 aromatic carbocycles. The van der Waals surface area contributed by atoms with Gasteiger partial charge in [0.2, 0.25) is 0 Å². The molecule has 1 aliphatic rings. The molecule has 2 rings (SSSR count). The summed E-state index contributed by atoms with van der Waals surface area (Å²) in [7, 11) is 3.77. The van der Waals surface area contributed by atoms with Crippen LogP contribution in [-0.2, 0) is 0 Å². The number of allylic oxidation sites excluding steroid dienone is 1. The minimum atomic E-state index is -0.0305. The third kappa shape index (κ3) is 1.94. The first kappa shape index (κ1) is 11.7. The zero-order valence-corrected chi connectivity index (χ0v) is 10.3. The highest BCUT2D eigenvalue weighted by atomic mass is 16.1.